The first kappa shape index (κ1) is 22.8. The van der Waals surface area contributed by atoms with E-state index in [-0.39, 0.29) is 11.7 Å². The van der Waals surface area contributed by atoms with Crippen molar-refractivity contribution in [3.8, 4) is 22.8 Å². The molecule has 7 nitrogen and oxygen atoms in total. The van der Waals surface area contributed by atoms with Gasteiger partial charge in [-0.1, -0.05) is 60.3 Å². The molecule has 0 saturated heterocycles. The maximum atomic E-state index is 12.4. The predicted octanol–water partition coefficient (Wildman–Crippen LogP) is 4.95. The largest absolute Gasteiger partial charge is 0.496 e. The van der Waals surface area contributed by atoms with Gasteiger partial charge in [0, 0.05) is 11.3 Å². The maximum Gasteiger partial charge on any atom is 0.250 e. The van der Waals surface area contributed by atoms with Gasteiger partial charge in [-0.25, -0.2) is 5.43 Å². The van der Waals surface area contributed by atoms with Crippen molar-refractivity contribution in [2.45, 2.75) is 5.16 Å². The van der Waals surface area contributed by atoms with Crippen LogP contribution < -0.4 is 10.2 Å². The van der Waals surface area contributed by atoms with Gasteiger partial charge in [0.15, 0.2) is 11.0 Å². The van der Waals surface area contributed by atoms with Crippen LogP contribution in [0.3, 0.4) is 0 Å². The Hall–Kier alpha value is -3.43. The Morgan fingerprint density at radius 2 is 1.82 bits per heavy atom. The van der Waals surface area contributed by atoms with Crippen LogP contribution in [-0.2, 0) is 4.79 Å². The maximum absolute atomic E-state index is 12.4. The van der Waals surface area contributed by atoms with E-state index in [2.05, 4.69) is 36.7 Å². The number of methoxy groups -OCH3 is 1. The van der Waals surface area contributed by atoms with Gasteiger partial charge in [-0.15, -0.1) is 10.2 Å². The highest BCUT2D eigenvalue weighted by atomic mass is 79.9. The first-order valence-corrected chi connectivity index (χ1v) is 11.8. The number of hydrogen-bond acceptors (Lipinski definition) is 6. The zero-order valence-electron chi connectivity index (χ0n) is 17.7. The van der Waals surface area contributed by atoms with Crippen molar-refractivity contribution in [3.05, 3.63) is 88.9 Å². The van der Waals surface area contributed by atoms with E-state index in [9.17, 15) is 4.79 Å². The van der Waals surface area contributed by atoms with Crippen LogP contribution in [0.5, 0.6) is 5.75 Å². The highest BCUT2D eigenvalue weighted by Crippen LogP contribution is 2.28. The molecule has 0 atom stereocenters. The molecule has 4 aromatic rings. The molecule has 166 valence electrons. The van der Waals surface area contributed by atoms with Gasteiger partial charge in [-0.05, 0) is 51.8 Å². The number of benzene rings is 3. The smallest absolute Gasteiger partial charge is 0.250 e. The van der Waals surface area contributed by atoms with Crippen molar-refractivity contribution >= 4 is 39.8 Å². The molecule has 0 saturated carbocycles. The van der Waals surface area contributed by atoms with Crippen LogP contribution in [0.25, 0.3) is 17.1 Å². The Bertz CT molecular complexity index is 1260. The topological polar surface area (TPSA) is 81.4 Å². The minimum atomic E-state index is -0.243. The van der Waals surface area contributed by atoms with Crippen LogP contribution in [0.1, 0.15) is 5.56 Å². The fourth-order valence-electron chi connectivity index (χ4n) is 3.05. The lowest BCUT2D eigenvalue weighted by molar-refractivity contribution is -0.118. The van der Waals surface area contributed by atoms with Crippen molar-refractivity contribution in [1.82, 2.24) is 20.2 Å². The number of carbonyl (C=O) groups is 1. The molecule has 0 aliphatic rings. The predicted molar refractivity (Wildman–Crippen MR) is 134 cm³/mol. The van der Waals surface area contributed by atoms with E-state index in [4.69, 9.17) is 4.74 Å². The second-order valence-electron chi connectivity index (χ2n) is 6.82. The zero-order valence-corrected chi connectivity index (χ0v) is 20.1. The molecule has 33 heavy (non-hydrogen) atoms. The molecule has 0 aliphatic carbocycles. The fourth-order valence-corrected chi connectivity index (χ4v) is 4.35. The molecule has 1 aromatic heterocycles. The number of hydrazone groups is 1. The second-order valence-corrected chi connectivity index (χ2v) is 8.62. The van der Waals surface area contributed by atoms with E-state index in [1.54, 1.807) is 13.3 Å². The lowest BCUT2D eigenvalue weighted by Crippen LogP contribution is -2.20. The number of amides is 1. The van der Waals surface area contributed by atoms with Crippen LogP contribution in [0.15, 0.2) is 93.6 Å². The van der Waals surface area contributed by atoms with Crippen LogP contribution in [0, 0.1) is 0 Å². The molecule has 0 spiro atoms. The molecule has 1 heterocycles. The third kappa shape index (κ3) is 5.68. The SMILES string of the molecule is COc1ccc(C=NNC(=O)CSc2nnc(-c3ccccc3)n2-c2ccccc2)cc1Br. The molecule has 0 bridgehead atoms. The standard InChI is InChI=1S/C24H20BrN5O2S/c1-32-21-13-12-17(14-20(21)25)15-26-27-22(31)16-33-24-29-28-23(18-8-4-2-5-9-18)30(24)19-10-6-3-7-11-19/h2-15H,16H2,1H3,(H,27,31). The van der Waals surface area contributed by atoms with Gasteiger partial charge < -0.3 is 4.74 Å². The number of aromatic nitrogens is 3. The minimum Gasteiger partial charge on any atom is -0.496 e. The van der Waals surface area contributed by atoms with Crippen LogP contribution in [0.2, 0.25) is 0 Å². The van der Waals surface area contributed by atoms with Crippen LogP contribution in [0.4, 0.5) is 0 Å². The highest BCUT2D eigenvalue weighted by molar-refractivity contribution is 9.10. The highest BCUT2D eigenvalue weighted by Gasteiger charge is 2.17. The summed E-state index contributed by atoms with van der Waals surface area (Å²) in [7, 11) is 1.60. The number of ether oxygens (including phenoxy) is 1. The molecule has 9 heteroatoms. The lowest BCUT2D eigenvalue weighted by atomic mass is 10.2. The first-order chi connectivity index (χ1) is 16.2. The summed E-state index contributed by atoms with van der Waals surface area (Å²) >= 11 is 4.73. The van der Waals surface area contributed by atoms with Gasteiger partial charge in [0.05, 0.1) is 23.5 Å². The van der Waals surface area contributed by atoms with Gasteiger partial charge in [0.2, 0.25) is 0 Å². The summed E-state index contributed by atoms with van der Waals surface area (Å²) in [5.41, 5.74) is 5.25. The molecular weight excluding hydrogens is 502 g/mol. The Kier molecular flexibility index (Phi) is 7.54. The zero-order chi connectivity index (χ0) is 23.0. The number of thioether (sulfide) groups is 1. The summed E-state index contributed by atoms with van der Waals surface area (Å²) < 4.78 is 7.97. The summed E-state index contributed by atoms with van der Waals surface area (Å²) in [5.74, 6) is 1.34. The Labute approximate surface area is 204 Å². The van der Waals surface area contributed by atoms with E-state index in [0.29, 0.717) is 11.0 Å². The lowest BCUT2D eigenvalue weighted by Gasteiger charge is -2.10. The Morgan fingerprint density at radius 3 is 2.52 bits per heavy atom. The van der Waals surface area contributed by atoms with Crippen molar-refractivity contribution in [1.29, 1.82) is 0 Å². The molecule has 0 unspecified atom stereocenters. The van der Waals surface area contributed by atoms with Crippen molar-refractivity contribution in [2.24, 2.45) is 5.10 Å². The minimum absolute atomic E-state index is 0.142. The molecular formula is C24H20BrN5O2S. The van der Waals surface area contributed by atoms with Gasteiger partial charge in [0.25, 0.3) is 5.91 Å². The van der Waals surface area contributed by atoms with Gasteiger partial charge in [0.1, 0.15) is 5.75 Å². The van der Waals surface area contributed by atoms with Gasteiger partial charge in [-0.2, -0.15) is 5.10 Å². The summed E-state index contributed by atoms with van der Waals surface area (Å²) in [6, 6.07) is 25.2. The van der Waals surface area contributed by atoms with Gasteiger partial charge >= 0.3 is 0 Å². The third-order valence-corrected chi connectivity index (χ3v) is 6.14. The number of rotatable bonds is 8. The number of nitrogens with zero attached hydrogens (tertiary/aromatic N) is 4. The monoisotopic (exact) mass is 521 g/mol. The van der Waals surface area contributed by atoms with Gasteiger partial charge in [-0.3, -0.25) is 9.36 Å². The number of para-hydroxylation sites is 1. The molecule has 0 aliphatic heterocycles. The quantitative estimate of drug-likeness (QED) is 0.201. The number of carbonyl (C=O) groups excluding carboxylic acids is 1. The average molecular weight is 522 g/mol. The third-order valence-electron chi connectivity index (χ3n) is 4.59. The van der Waals surface area contributed by atoms with Crippen molar-refractivity contribution in [2.75, 3.05) is 12.9 Å². The number of nitrogens with one attached hydrogen (secondary N) is 1. The van der Waals surface area contributed by atoms with Crippen molar-refractivity contribution in [3.63, 3.8) is 0 Å². The average Bonchev–Trinajstić information content (AvgIpc) is 3.28. The summed E-state index contributed by atoms with van der Waals surface area (Å²) in [4.78, 5) is 12.4. The molecule has 1 N–H and O–H groups in total. The van der Waals surface area contributed by atoms with E-state index in [1.807, 2.05) is 83.4 Å². The van der Waals surface area contributed by atoms with E-state index in [0.717, 1.165) is 27.0 Å². The van der Waals surface area contributed by atoms with Crippen molar-refractivity contribution < 1.29 is 9.53 Å². The van der Waals surface area contributed by atoms with Crippen LogP contribution >= 0.6 is 27.7 Å². The Morgan fingerprint density at radius 1 is 1.09 bits per heavy atom. The first-order valence-electron chi connectivity index (χ1n) is 10.00. The Balaban J connectivity index is 1.45. The van der Waals surface area contributed by atoms with E-state index >= 15 is 0 Å². The molecule has 0 fully saturated rings. The fraction of sp³-hybridized carbons (Fsp3) is 0.0833. The molecule has 4 rings (SSSR count). The number of hydrogen-bond donors (Lipinski definition) is 1. The van der Waals surface area contributed by atoms with E-state index in [1.165, 1.54) is 11.8 Å². The second kappa shape index (κ2) is 10.9. The summed E-state index contributed by atoms with van der Waals surface area (Å²) in [6.07, 6.45) is 1.58. The normalized spacial score (nSPS) is 11.0. The number of halogens is 1. The molecule has 3 aromatic carbocycles. The molecule has 0 radical (unpaired) electrons. The van der Waals surface area contributed by atoms with Crippen LogP contribution in [-0.4, -0.2) is 39.7 Å². The summed E-state index contributed by atoms with van der Waals surface area (Å²) in [5, 5.41) is 13.4. The summed E-state index contributed by atoms with van der Waals surface area (Å²) in [6.45, 7) is 0. The molecule has 1 amide bonds. The van der Waals surface area contributed by atoms with E-state index < -0.39 is 0 Å².